The van der Waals surface area contributed by atoms with Gasteiger partial charge in [0.15, 0.2) is 0 Å². The summed E-state index contributed by atoms with van der Waals surface area (Å²) in [5, 5.41) is 9.43. The first-order chi connectivity index (χ1) is 9.72. The highest BCUT2D eigenvalue weighted by atomic mass is 35.5. The molecule has 0 aliphatic rings. The van der Waals surface area contributed by atoms with Gasteiger partial charge in [0.25, 0.3) is 5.56 Å². The van der Waals surface area contributed by atoms with E-state index in [9.17, 15) is 4.79 Å². The molecule has 0 radical (unpaired) electrons. The molecule has 0 aliphatic heterocycles. The van der Waals surface area contributed by atoms with Crippen LogP contribution < -0.4 is 10.9 Å². The van der Waals surface area contributed by atoms with E-state index >= 15 is 0 Å². The molecular weight excluding hydrogens is 298 g/mol. The van der Waals surface area contributed by atoms with Crippen LogP contribution in [0.2, 0.25) is 5.02 Å². The quantitative estimate of drug-likeness (QED) is 0.852. The van der Waals surface area contributed by atoms with Gasteiger partial charge in [-0.2, -0.15) is 5.10 Å². The standard InChI is InChI=1S/C13H16ClN3O2S/c1-19-7-6-17-13(18)12(14)11(9-16-17)15-5-4-10-3-2-8-20-10/h2-3,8-9,15H,4-7H2,1H3. The number of nitrogens with zero attached hydrogens (tertiary/aromatic N) is 2. The van der Waals surface area contributed by atoms with Crippen LogP contribution in [0.3, 0.4) is 0 Å². The van der Waals surface area contributed by atoms with Crippen molar-refractivity contribution in [1.29, 1.82) is 0 Å². The van der Waals surface area contributed by atoms with Gasteiger partial charge in [-0.25, -0.2) is 4.68 Å². The average molecular weight is 314 g/mol. The highest BCUT2D eigenvalue weighted by Crippen LogP contribution is 2.16. The van der Waals surface area contributed by atoms with Crippen molar-refractivity contribution in [2.45, 2.75) is 13.0 Å². The zero-order chi connectivity index (χ0) is 14.4. The van der Waals surface area contributed by atoms with E-state index in [2.05, 4.69) is 16.5 Å². The number of methoxy groups -OCH3 is 1. The van der Waals surface area contributed by atoms with Gasteiger partial charge in [-0.05, 0) is 17.9 Å². The van der Waals surface area contributed by atoms with Gasteiger partial charge in [0, 0.05) is 18.5 Å². The van der Waals surface area contributed by atoms with Crippen LogP contribution in [0.1, 0.15) is 4.88 Å². The molecule has 0 amide bonds. The Bertz CT molecular complexity index is 598. The molecule has 0 saturated heterocycles. The molecule has 7 heteroatoms. The maximum absolute atomic E-state index is 12.0. The zero-order valence-corrected chi connectivity index (χ0v) is 12.7. The lowest BCUT2D eigenvalue weighted by atomic mass is 10.3. The summed E-state index contributed by atoms with van der Waals surface area (Å²) in [7, 11) is 1.58. The molecule has 0 aromatic carbocycles. The van der Waals surface area contributed by atoms with Crippen LogP contribution in [0.15, 0.2) is 28.5 Å². The first-order valence-electron chi connectivity index (χ1n) is 6.23. The van der Waals surface area contributed by atoms with Gasteiger partial charge in [-0.3, -0.25) is 4.79 Å². The van der Waals surface area contributed by atoms with Gasteiger partial charge in [-0.1, -0.05) is 17.7 Å². The fourth-order valence-electron chi connectivity index (χ4n) is 1.70. The van der Waals surface area contributed by atoms with E-state index in [1.54, 1.807) is 24.6 Å². The number of rotatable bonds is 7. The van der Waals surface area contributed by atoms with Crippen molar-refractivity contribution in [1.82, 2.24) is 9.78 Å². The second-order valence-corrected chi connectivity index (χ2v) is 5.56. The molecule has 20 heavy (non-hydrogen) atoms. The van der Waals surface area contributed by atoms with Gasteiger partial charge >= 0.3 is 0 Å². The maximum atomic E-state index is 12.0. The minimum Gasteiger partial charge on any atom is -0.383 e. The molecule has 108 valence electrons. The number of ether oxygens (including phenoxy) is 1. The Balaban J connectivity index is 1.98. The van der Waals surface area contributed by atoms with Crippen molar-refractivity contribution in [3.05, 3.63) is 44.0 Å². The van der Waals surface area contributed by atoms with Gasteiger partial charge in [0.2, 0.25) is 0 Å². The Morgan fingerprint density at radius 1 is 1.55 bits per heavy atom. The minimum absolute atomic E-state index is 0.169. The molecule has 0 saturated carbocycles. The van der Waals surface area contributed by atoms with E-state index in [4.69, 9.17) is 16.3 Å². The number of halogens is 1. The smallest absolute Gasteiger partial charge is 0.287 e. The van der Waals surface area contributed by atoms with Crippen molar-refractivity contribution in [3.8, 4) is 0 Å². The van der Waals surface area contributed by atoms with Crippen molar-refractivity contribution < 1.29 is 4.74 Å². The summed E-state index contributed by atoms with van der Waals surface area (Å²) >= 11 is 7.77. The summed E-state index contributed by atoms with van der Waals surface area (Å²) in [5.41, 5.74) is 0.270. The third kappa shape index (κ3) is 3.82. The summed E-state index contributed by atoms with van der Waals surface area (Å²) in [6.45, 7) is 1.53. The highest BCUT2D eigenvalue weighted by Gasteiger charge is 2.08. The topological polar surface area (TPSA) is 56.1 Å². The number of anilines is 1. The maximum Gasteiger partial charge on any atom is 0.287 e. The van der Waals surface area contributed by atoms with Crippen molar-refractivity contribution in [2.75, 3.05) is 25.6 Å². The highest BCUT2D eigenvalue weighted by molar-refractivity contribution is 7.09. The van der Waals surface area contributed by atoms with Crippen LogP contribution in [0, 0.1) is 0 Å². The van der Waals surface area contributed by atoms with Crippen molar-refractivity contribution >= 4 is 28.6 Å². The third-order valence-electron chi connectivity index (χ3n) is 2.76. The molecular formula is C13H16ClN3O2S. The lowest BCUT2D eigenvalue weighted by molar-refractivity contribution is 0.182. The van der Waals surface area contributed by atoms with E-state index in [1.165, 1.54) is 9.56 Å². The largest absolute Gasteiger partial charge is 0.383 e. The third-order valence-corrected chi connectivity index (χ3v) is 4.06. The molecule has 0 aliphatic carbocycles. The Morgan fingerprint density at radius 2 is 2.40 bits per heavy atom. The summed E-state index contributed by atoms with van der Waals surface area (Å²) in [5.74, 6) is 0. The van der Waals surface area contributed by atoms with E-state index in [1.807, 2.05) is 11.4 Å². The number of hydrogen-bond acceptors (Lipinski definition) is 5. The van der Waals surface area contributed by atoms with Crippen LogP contribution in [0.5, 0.6) is 0 Å². The number of nitrogens with one attached hydrogen (secondary N) is 1. The predicted octanol–water partition coefficient (Wildman–Crippen LogP) is 2.26. The fourth-order valence-corrected chi connectivity index (χ4v) is 2.62. The second-order valence-electron chi connectivity index (χ2n) is 4.15. The molecule has 2 aromatic rings. The van der Waals surface area contributed by atoms with Crippen LogP contribution in [-0.2, 0) is 17.7 Å². The van der Waals surface area contributed by atoms with Gasteiger partial charge < -0.3 is 10.1 Å². The normalized spacial score (nSPS) is 10.7. The lowest BCUT2D eigenvalue weighted by Crippen LogP contribution is -2.26. The molecule has 0 fully saturated rings. The van der Waals surface area contributed by atoms with E-state index in [0.717, 1.165) is 6.42 Å². The molecule has 2 heterocycles. The number of thiophene rings is 1. The molecule has 5 nitrogen and oxygen atoms in total. The fraction of sp³-hybridized carbons (Fsp3) is 0.385. The lowest BCUT2D eigenvalue weighted by Gasteiger charge is -2.09. The van der Waals surface area contributed by atoms with Crippen LogP contribution in [0.4, 0.5) is 5.69 Å². The predicted molar refractivity (Wildman–Crippen MR) is 81.9 cm³/mol. The molecule has 2 aromatic heterocycles. The first-order valence-corrected chi connectivity index (χ1v) is 7.49. The summed E-state index contributed by atoms with van der Waals surface area (Å²) in [4.78, 5) is 13.2. The average Bonchev–Trinajstić information content (AvgIpc) is 2.96. The second kappa shape index (κ2) is 7.42. The van der Waals surface area contributed by atoms with E-state index < -0.39 is 0 Å². The first kappa shape index (κ1) is 15.0. The zero-order valence-electron chi connectivity index (χ0n) is 11.1. The number of hydrogen-bond donors (Lipinski definition) is 1. The van der Waals surface area contributed by atoms with Crippen molar-refractivity contribution in [2.24, 2.45) is 0 Å². The number of aromatic nitrogens is 2. The molecule has 0 bridgehead atoms. The monoisotopic (exact) mass is 313 g/mol. The molecule has 0 unspecified atom stereocenters. The Kier molecular flexibility index (Phi) is 5.58. The van der Waals surface area contributed by atoms with Crippen LogP contribution in [0.25, 0.3) is 0 Å². The Labute approximate surface area is 126 Å². The summed E-state index contributed by atoms with van der Waals surface area (Å²) in [6, 6.07) is 4.10. The van der Waals surface area contributed by atoms with E-state index in [-0.39, 0.29) is 10.6 Å². The van der Waals surface area contributed by atoms with Crippen LogP contribution >= 0.6 is 22.9 Å². The molecule has 1 N–H and O–H groups in total. The van der Waals surface area contributed by atoms with E-state index in [0.29, 0.717) is 25.4 Å². The minimum atomic E-state index is -0.301. The molecule has 2 rings (SSSR count). The molecule has 0 spiro atoms. The molecule has 0 atom stereocenters. The van der Waals surface area contributed by atoms with Gasteiger partial charge in [0.05, 0.1) is 25.0 Å². The Morgan fingerprint density at radius 3 is 3.10 bits per heavy atom. The van der Waals surface area contributed by atoms with Gasteiger partial charge in [-0.15, -0.1) is 11.3 Å². The van der Waals surface area contributed by atoms with Crippen molar-refractivity contribution in [3.63, 3.8) is 0 Å². The SMILES string of the molecule is COCCn1ncc(NCCc2cccs2)c(Cl)c1=O. The summed E-state index contributed by atoms with van der Waals surface area (Å²) < 4.78 is 6.22. The van der Waals surface area contributed by atoms with Gasteiger partial charge in [0.1, 0.15) is 5.02 Å². The van der Waals surface area contributed by atoms with Crippen LogP contribution in [-0.4, -0.2) is 30.0 Å². The summed E-state index contributed by atoms with van der Waals surface area (Å²) in [6.07, 6.45) is 2.47. The Hall–Kier alpha value is -1.37.